The lowest BCUT2D eigenvalue weighted by Crippen LogP contribution is -2.30. The zero-order valence-corrected chi connectivity index (χ0v) is 16.9. The molecule has 0 bridgehead atoms. The summed E-state index contributed by atoms with van der Waals surface area (Å²) < 4.78 is 6.04. The highest BCUT2D eigenvalue weighted by Gasteiger charge is 2.19. The maximum absolute atomic E-state index is 4.57. The molecule has 0 radical (unpaired) electrons. The number of nitrogens with zero attached hydrogens (tertiary/aromatic N) is 7. The van der Waals surface area contributed by atoms with Crippen LogP contribution >= 0.6 is 0 Å². The molecule has 0 aliphatic carbocycles. The molecule has 3 aromatic rings. The van der Waals surface area contributed by atoms with Gasteiger partial charge in [0.2, 0.25) is 0 Å². The van der Waals surface area contributed by atoms with Crippen molar-refractivity contribution in [1.29, 1.82) is 0 Å². The van der Waals surface area contributed by atoms with E-state index in [9.17, 15) is 0 Å². The third-order valence-electron chi connectivity index (χ3n) is 5.26. The smallest absolute Gasteiger partial charge is 0.139 e. The fourth-order valence-corrected chi connectivity index (χ4v) is 3.52. The van der Waals surface area contributed by atoms with E-state index in [-0.39, 0.29) is 0 Å². The average Bonchev–Trinajstić information content (AvgIpc) is 3.23. The van der Waals surface area contributed by atoms with Gasteiger partial charge in [-0.2, -0.15) is 5.10 Å². The molecular weight excluding hydrogens is 326 g/mol. The highest BCUT2D eigenvalue weighted by atomic mass is 15.5. The molecule has 7 nitrogen and oxygen atoms in total. The molecule has 0 amide bonds. The Labute approximate surface area is 155 Å². The van der Waals surface area contributed by atoms with E-state index < -0.39 is 0 Å². The van der Waals surface area contributed by atoms with E-state index in [1.54, 1.807) is 12.7 Å². The van der Waals surface area contributed by atoms with E-state index in [0.717, 1.165) is 18.8 Å². The minimum atomic E-state index is 0.437. The van der Waals surface area contributed by atoms with E-state index in [1.807, 2.05) is 16.4 Å². The van der Waals surface area contributed by atoms with Crippen molar-refractivity contribution >= 4 is 0 Å². The Bertz CT molecular complexity index is 884. The van der Waals surface area contributed by atoms with Crippen LogP contribution in [-0.4, -0.2) is 40.3 Å². The summed E-state index contributed by atoms with van der Waals surface area (Å²) in [6.07, 6.45) is 3.46. The molecule has 26 heavy (non-hydrogen) atoms. The van der Waals surface area contributed by atoms with Gasteiger partial charge in [-0.25, -0.2) is 4.68 Å². The Hall–Kier alpha value is -2.41. The zero-order chi connectivity index (χ0) is 19.0. The van der Waals surface area contributed by atoms with E-state index in [4.69, 9.17) is 0 Å². The summed E-state index contributed by atoms with van der Waals surface area (Å²) in [5.74, 6) is 0. The average molecular weight is 355 g/mol. The number of aryl methyl sites for hydroxylation is 3. The van der Waals surface area contributed by atoms with Crippen molar-refractivity contribution in [2.24, 2.45) is 7.05 Å². The SMILES string of the molecule is Cc1nn(C)c(C)c1CN(Cc1cc(C)n(-n2cnnc2)c1C)C(C)C. The Morgan fingerprint density at radius 1 is 1.00 bits per heavy atom. The first kappa shape index (κ1) is 18.4. The zero-order valence-electron chi connectivity index (χ0n) is 16.9. The molecule has 0 unspecified atom stereocenters. The Morgan fingerprint density at radius 3 is 2.19 bits per heavy atom. The van der Waals surface area contributed by atoms with Gasteiger partial charge in [-0.05, 0) is 53.2 Å². The maximum atomic E-state index is 4.57. The van der Waals surface area contributed by atoms with Gasteiger partial charge in [0.1, 0.15) is 12.7 Å². The van der Waals surface area contributed by atoms with Crippen molar-refractivity contribution in [3.63, 3.8) is 0 Å². The molecule has 140 valence electrons. The van der Waals surface area contributed by atoms with Crippen LogP contribution < -0.4 is 0 Å². The van der Waals surface area contributed by atoms with Gasteiger partial charge in [-0.15, -0.1) is 10.2 Å². The van der Waals surface area contributed by atoms with Gasteiger partial charge in [0.25, 0.3) is 0 Å². The maximum Gasteiger partial charge on any atom is 0.139 e. The summed E-state index contributed by atoms with van der Waals surface area (Å²) in [5, 5.41) is 12.4. The normalized spacial score (nSPS) is 11.9. The third-order valence-corrected chi connectivity index (χ3v) is 5.26. The molecule has 0 fully saturated rings. The van der Waals surface area contributed by atoms with Crippen LogP contribution in [0.5, 0.6) is 0 Å². The van der Waals surface area contributed by atoms with Crippen molar-refractivity contribution in [1.82, 2.24) is 34.2 Å². The molecule has 0 spiro atoms. The molecular formula is C19H29N7. The van der Waals surface area contributed by atoms with Gasteiger partial charge in [0, 0.05) is 48.8 Å². The van der Waals surface area contributed by atoms with Gasteiger partial charge in [-0.1, -0.05) is 0 Å². The van der Waals surface area contributed by atoms with Gasteiger partial charge >= 0.3 is 0 Å². The van der Waals surface area contributed by atoms with Crippen molar-refractivity contribution in [2.75, 3.05) is 0 Å². The fourth-order valence-electron chi connectivity index (χ4n) is 3.52. The number of aromatic nitrogens is 6. The van der Waals surface area contributed by atoms with E-state index in [2.05, 4.69) is 72.5 Å². The predicted octanol–water partition coefficient (Wildman–Crippen LogP) is 2.77. The summed E-state index contributed by atoms with van der Waals surface area (Å²) in [6, 6.07) is 2.69. The lowest BCUT2D eigenvalue weighted by molar-refractivity contribution is 0.202. The number of hydrogen-bond acceptors (Lipinski definition) is 4. The first-order valence-corrected chi connectivity index (χ1v) is 9.05. The number of rotatable bonds is 6. The second kappa shape index (κ2) is 7.07. The molecule has 3 heterocycles. The Balaban J connectivity index is 1.89. The van der Waals surface area contributed by atoms with Gasteiger partial charge in [-0.3, -0.25) is 14.3 Å². The van der Waals surface area contributed by atoms with Crippen LogP contribution in [0.25, 0.3) is 0 Å². The van der Waals surface area contributed by atoms with Crippen LogP contribution in [-0.2, 0) is 20.1 Å². The Morgan fingerprint density at radius 2 is 1.65 bits per heavy atom. The minimum absolute atomic E-state index is 0.437. The molecule has 0 aliphatic rings. The minimum Gasteiger partial charge on any atom is -0.292 e. The summed E-state index contributed by atoms with van der Waals surface area (Å²) in [7, 11) is 2.01. The van der Waals surface area contributed by atoms with Crippen molar-refractivity contribution in [3.8, 4) is 0 Å². The molecule has 0 aliphatic heterocycles. The summed E-state index contributed by atoms with van der Waals surface area (Å²) in [6.45, 7) is 14.8. The molecule has 3 aromatic heterocycles. The van der Waals surface area contributed by atoms with Crippen molar-refractivity contribution < 1.29 is 0 Å². The first-order chi connectivity index (χ1) is 12.3. The second-order valence-electron chi connectivity index (χ2n) is 7.32. The molecule has 7 heteroatoms. The van der Waals surface area contributed by atoms with Crippen LogP contribution in [0.15, 0.2) is 18.7 Å². The first-order valence-electron chi connectivity index (χ1n) is 9.05. The van der Waals surface area contributed by atoms with Gasteiger partial charge in [0.05, 0.1) is 5.69 Å². The molecule has 0 atom stereocenters. The second-order valence-corrected chi connectivity index (χ2v) is 7.32. The van der Waals surface area contributed by atoms with Crippen LogP contribution in [0.1, 0.15) is 47.8 Å². The highest BCUT2D eigenvalue weighted by molar-refractivity contribution is 5.28. The fraction of sp³-hybridized carbons (Fsp3) is 0.526. The van der Waals surface area contributed by atoms with E-state index in [0.29, 0.717) is 6.04 Å². The highest BCUT2D eigenvalue weighted by Crippen LogP contribution is 2.22. The van der Waals surface area contributed by atoms with Crippen LogP contribution in [0.3, 0.4) is 0 Å². The summed E-state index contributed by atoms with van der Waals surface area (Å²) in [5.41, 5.74) is 7.40. The molecule has 3 rings (SSSR count). The van der Waals surface area contributed by atoms with Gasteiger partial charge < -0.3 is 0 Å². The van der Waals surface area contributed by atoms with Crippen LogP contribution in [0, 0.1) is 27.7 Å². The standard InChI is InChI=1S/C19H29N7/c1-13(2)24(10-19-15(4)22-23(7)17(19)6)9-18-8-14(3)26(16(18)5)25-11-20-21-12-25/h8,11-13H,9-10H2,1-7H3. The summed E-state index contributed by atoms with van der Waals surface area (Å²) in [4.78, 5) is 2.50. The van der Waals surface area contributed by atoms with E-state index in [1.165, 1.54) is 28.2 Å². The molecule has 0 saturated carbocycles. The topological polar surface area (TPSA) is 56.7 Å². The number of hydrogen-bond donors (Lipinski definition) is 0. The predicted molar refractivity (Wildman–Crippen MR) is 102 cm³/mol. The van der Waals surface area contributed by atoms with Crippen LogP contribution in [0.4, 0.5) is 0 Å². The van der Waals surface area contributed by atoms with E-state index >= 15 is 0 Å². The quantitative estimate of drug-likeness (QED) is 0.682. The molecule has 0 saturated heterocycles. The van der Waals surface area contributed by atoms with Gasteiger partial charge in [0.15, 0.2) is 0 Å². The largest absolute Gasteiger partial charge is 0.292 e. The van der Waals surface area contributed by atoms with Crippen molar-refractivity contribution in [3.05, 3.63) is 52.6 Å². The molecule has 0 aromatic carbocycles. The third kappa shape index (κ3) is 3.31. The molecule has 0 N–H and O–H groups in total. The lowest BCUT2D eigenvalue weighted by Gasteiger charge is -2.27. The summed E-state index contributed by atoms with van der Waals surface area (Å²) >= 11 is 0. The monoisotopic (exact) mass is 355 g/mol. The lowest BCUT2D eigenvalue weighted by atomic mass is 10.1. The van der Waals surface area contributed by atoms with Crippen molar-refractivity contribution in [2.45, 2.75) is 60.7 Å². The Kier molecular flexibility index (Phi) is 5.00. The van der Waals surface area contributed by atoms with Crippen LogP contribution in [0.2, 0.25) is 0 Å².